The Kier molecular flexibility index (Phi) is 5.29. The molecule has 0 unspecified atom stereocenters. The van der Waals surface area contributed by atoms with Crippen LogP contribution in [0.5, 0.6) is 5.75 Å². The van der Waals surface area contributed by atoms with Crippen LogP contribution in [0.15, 0.2) is 24.3 Å². The lowest BCUT2D eigenvalue weighted by molar-refractivity contribution is -0.688. The van der Waals surface area contributed by atoms with Crippen molar-refractivity contribution in [3.8, 4) is 5.75 Å². The van der Waals surface area contributed by atoms with Crippen LogP contribution in [0.3, 0.4) is 0 Å². The third kappa shape index (κ3) is 5.14. The molecular formula is C13H22NO2+. The van der Waals surface area contributed by atoms with Crippen LogP contribution in [0, 0.1) is 6.92 Å². The molecule has 3 N–H and O–H groups in total. The number of ether oxygens (including phenoxy) is 1. The van der Waals surface area contributed by atoms with E-state index < -0.39 is 6.10 Å². The van der Waals surface area contributed by atoms with Gasteiger partial charge in [-0.25, -0.2) is 0 Å². The molecule has 0 aliphatic heterocycles. The predicted octanol–water partition coefficient (Wildman–Crippen LogP) is 0.707. The van der Waals surface area contributed by atoms with Crippen molar-refractivity contribution in [1.82, 2.24) is 0 Å². The van der Waals surface area contributed by atoms with E-state index in [4.69, 9.17) is 4.74 Å². The van der Waals surface area contributed by atoms with E-state index in [1.54, 1.807) is 0 Å². The summed E-state index contributed by atoms with van der Waals surface area (Å²) in [5.74, 6) is 0.823. The fraction of sp³-hybridized carbons (Fsp3) is 0.538. The number of quaternary nitrogens is 1. The summed E-state index contributed by atoms with van der Waals surface area (Å²) in [6.07, 6.45) is -0.414. The summed E-state index contributed by atoms with van der Waals surface area (Å²) in [5.41, 5.74) is 1.17. The Morgan fingerprint density at radius 3 is 2.75 bits per heavy atom. The number of benzene rings is 1. The summed E-state index contributed by atoms with van der Waals surface area (Å²) in [6, 6.07) is 8.37. The van der Waals surface area contributed by atoms with Crippen molar-refractivity contribution in [2.75, 3.05) is 13.2 Å². The minimum atomic E-state index is -0.414. The zero-order chi connectivity index (χ0) is 12.0. The second kappa shape index (κ2) is 6.51. The number of hydrogen-bond acceptors (Lipinski definition) is 2. The predicted molar refractivity (Wildman–Crippen MR) is 64.6 cm³/mol. The second-order valence-corrected chi connectivity index (χ2v) is 4.50. The number of aliphatic hydroxyl groups is 1. The number of rotatable bonds is 6. The normalized spacial score (nSPS) is 12.8. The fourth-order valence-electron chi connectivity index (χ4n) is 1.39. The first-order chi connectivity index (χ1) is 7.58. The Hall–Kier alpha value is -1.06. The van der Waals surface area contributed by atoms with E-state index in [1.807, 2.05) is 31.2 Å². The number of aliphatic hydroxyl groups excluding tert-OH is 1. The fourth-order valence-corrected chi connectivity index (χ4v) is 1.39. The molecule has 0 bridgehead atoms. The SMILES string of the molecule is Cc1cccc(OC[C@@H](O)C[NH2+]C(C)C)c1. The Morgan fingerprint density at radius 2 is 2.12 bits per heavy atom. The maximum absolute atomic E-state index is 9.67. The van der Waals surface area contributed by atoms with Crippen LogP contribution in [-0.2, 0) is 0 Å². The molecule has 0 aliphatic rings. The van der Waals surface area contributed by atoms with Crippen molar-refractivity contribution in [3.05, 3.63) is 29.8 Å². The maximum atomic E-state index is 9.67. The molecule has 0 saturated heterocycles. The molecule has 3 heteroatoms. The Labute approximate surface area is 97.4 Å². The highest BCUT2D eigenvalue weighted by Crippen LogP contribution is 2.12. The summed E-state index contributed by atoms with van der Waals surface area (Å²) in [7, 11) is 0. The molecule has 1 aromatic carbocycles. The average Bonchev–Trinajstić information content (AvgIpc) is 2.23. The van der Waals surface area contributed by atoms with Gasteiger partial charge in [-0.15, -0.1) is 0 Å². The van der Waals surface area contributed by atoms with Crippen molar-refractivity contribution < 1.29 is 15.2 Å². The first-order valence-corrected chi connectivity index (χ1v) is 5.79. The standard InChI is InChI=1S/C13H21NO2/c1-10(2)14-8-12(15)9-16-13-6-4-5-11(3)7-13/h4-7,10,12,14-15H,8-9H2,1-3H3/p+1/t12-/m0/s1. The van der Waals surface area contributed by atoms with Crippen LogP contribution >= 0.6 is 0 Å². The molecule has 0 amide bonds. The van der Waals surface area contributed by atoms with Crippen LogP contribution in [0.1, 0.15) is 19.4 Å². The molecule has 0 heterocycles. The minimum Gasteiger partial charge on any atom is -0.491 e. The maximum Gasteiger partial charge on any atom is 0.137 e. The number of hydrogen-bond donors (Lipinski definition) is 2. The molecule has 0 saturated carbocycles. The van der Waals surface area contributed by atoms with Crippen molar-refractivity contribution in [2.24, 2.45) is 0 Å². The molecule has 3 nitrogen and oxygen atoms in total. The van der Waals surface area contributed by atoms with Crippen LogP contribution < -0.4 is 10.1 Å². The largest absolute Gasteiger partial charge is 0.491 e. The monoisotopic (exact) mass is 224 g/mol. The molecular weight excluding hydrogens is 202 g/mol. The Morgan fingerprint density at radius 1 is 1.38 bits per heavy atom. The first kappa shape index (κ1) is 13.0. The molecule has 90 valence electrons. The molecule has 0 aliphatic carbocycles. The van der Waals surface area contributed by atoms with Gasteiger partial charge in [-0.2, -0.15) is 0 Å². The zero-order valence-electron chi connectivity index (χ0n) is 10.3. The van der Waals surface area contributed by atoms with Gasteiger partial charge in [0.05, 0.1) is 6.04 Å². The highest BCUT2D eigenvalue weighted by Gasteiger charge is 2.08. The second-order valence-electron chi connectivity index (χ2n) is 4.50. The van der Waals surface area contributed by atoms with E-state index in [-0.39, 0.29) is 0 Å². The average molecular weight is 224 g/mol. The molecule has 0 radical (unpaired) electrons. The molecule has 0 spiro atoms. The summed E-state index contributed by atoms with van der Waals surface area (Å²) >= 11 is 0. The Bertz CT molecular complexity index is 313. The quantitative estimate of drug-likeness (QED) is 0.747. The van der Waals surface area contributed by atoms with Gasteiger partial charge in [0.2, 0.25) is 0 Å². The Balaban J connectivity index is 2.28. The van der Waals surface area contributed by atoms with Crippen LogP contribution in [0.2, 0.25) is 0 Å². The van der Waals surface area contributed by atoms with Crippen LogP contribution in [0.25, 0.3) is 0 Å². The lowest BCUT2D eigenvalue weighted by Crippen LogP contribution is -2.90. The number of nitrogens with two attached hydrogens (primary N) is 1. The molecule has 1 aromatic rings. The summed E-state index contributed by atoms with van der Waals surface area (Å²) in [6.45, 7) is 7.27. The van der Waals surface area contributed by atoms with Crippen LogP contribution in [-0.4, -0.2) is 30.4 Å². The van der Waals surface area contributed by atoms with Gasteiger partial charge in [-0.05, 0) is 38.5 Å². The van der Waals surface area contributed by atoms with E-state index in [9.17, 15) is 5.11 Å². The van der Waals surface area contributed by atoms with Gasteiger partial charge >= 0.3 is 0 Å². The summed E-state index contributed by atoms with van der Waals surface area (Å²) < 4.78 is 5.51. The lowest BCUT2D eigenvalue weighted by atomic mass is 10.2. The van der Waals surface area contributed by atoms with Gasteiger partial charge in [0.25, 0.3) is 0 Å². The van der Waals surface area contributed by atoms with Gasteiger partial charge < -0.3 is 15.2 Å². The van der Waals surface area contributed by atoms with Crippen molar-refractivity contribution >= 4 is 0 Å². The van der Waals surface area contributed by atoms with Gasteiger partial charge in [-0.1, -0.05) is 12.1 Å². The molecule has 1 rings (SSSR count). The van der Waals surface area contributed by atoms with Gasteiger partial charge in [0.1, 0.15) is 25.0 Å². The summed E-state index contributed by atoms with van der Waals surface area (Å²) in [4.78, 5) is 0. The third-order valence-electron chi connectivity index (χ3n) is 2.31. The van der Waals surface area contributed by atoms with Crippen molar-refractivity contribution in [1.29, 1.82) is 0 Å². The smallest absolute Gasteiger partial charge is 0.137 e. The topological polar surface area (TPSA) is 46.1 Å². The molecule has 16 heavy (non-hydrogen) atoms. The van der Waals surface area contributed by atoms with E-state index in [2.05, 4.69) is 19.2 Å². The van der Waals surface area contributed by atoms with Gasteiger partial charge in [-0.3, -0.25) is 0 Å². The molecule has 0 fully saturated rings. The van der Waals surface area contributed by atoms with E-state index in [0.717, 1.165) is 5.75 Å². The zero-order valence-corrected chi connectivity index (χ0v) is 10.3. The number of aryl methyl sites for hydroxylation is 1. The highest BCUT2D eigenvalue weighted by atomic mass is 16.5. The highest BCUT2D eigenvalue weighted by molar-refractivity contribution is 5.27. The third-order valence-corrected chi connectivity index (χ3v) is 2.31. The molecule has 0 aromatic heterocycles. The lowest BCUT2D eigenvalue weighted by Gasteiger charge is -2.13. The van der Waals surface area contributed by atoms with Crippen molar-refractivity contribution in [3.63, 3.8) is 0 Å². The van der Waals surface area contributed by atoms with E-state index >= 15 is 0 Å². The van der Waals surface area contributed by atoms with Gasteiger partial charge in [0, 0.05) is 0 Å². The van der Waals surface area contributed by atoms with Crippen LogP contribution in [0.4, 0.5) is 0 Å². The minimum absolute atomic E-state index is 0.354. The van der Waals surface area contributed by atoms with Crippen molar-refractivity contribution in [2.45, 2.75) is 32.9 Å². The summed E-state index contributed by atoms with van der Waals surface area (Å²) in [5, 5.41) is 11.8. The van der Waals surface area contributed by atoms with Gasteiger partial charge in [0.15, 0.2) is 0 Å². The molecule has 1 atom stereocenters. The van der Waals surface area contributed by atoms with E-state index in [1.165, 1.54) is 5.56 Å². The first-order valence-electron chi connectivity index (χ1n) is 5.79. The van der Waals surface area contributed by atoms with E-state index in [0.29, 0.717) is 19.2 Å².